The van der Waals surface area contributed by atoms with Crippen LogP contribution in [-0.2, 0) is 14.6 Å². The average Bonchev–Trinajstić information content (AvgIpc) is 2.70. The molecule has 1 aliphatic heterocycles. The number of hydrogen-bond acceptors (Lipinski definition) is 5. The van der Waals surface area contributed by atoms with Crippen LogP contribution in [0.3, 0.4) is 0 Å². The van der Waals surface area contributed by atoms with Crippen LogP contribution in [0.2, 0.25) is 0 Å². The van der Waals surface area contributed by atoms with Crippen LogP contribution in [0.5, 0.6) is 11.5 Å². The van der Waals surface area contributed by atoms with Crippen LogP contribution in [0.4, 0.5) is 0 Å². The van der Waals surface area contributed by atoms with Crippen LogP contribution in [0.15, 0.2) is 23.1 Å². The number of ketones is 1. The zero-order chi connectivity index (χ0) is 15.5. The van der Waals surface area contributed by atoms with E-state index in [-0.39, 0.29) is 16.6 Å². The molecule has 0 fully saturated rings. The van der Waals surface area contributed by atoms with Crippen molar-refractivity contribution < 1.29 is 22.7 Å². The van der Waals surface area contributed by atoms with Crippen molar-refractivity contribution in [3.8, 4) is 11.5 Å². The summed E-state index contributed by atoms with van der Waals surface area (Å²) in [6, 6.07) is 4.49. The lowest BCUT2D eigenvalue weighted by Gasteiger charge is -2.11. The number of carbonyl (C=O) groups excluding carboxylic acids is 1. The van der Waals surface area contributed by atoms with E-state index in [1.807, 2.05) is 6.92 Å². The standard InChI is InChI=1S/C15H20O5S/c1-3-11(2)13(16)10-21(17,18)12-5-6-14-15(9-12)20-8-4-7-19-14/h5-6,9,11H,3-4,7-8,10H2,1-2H3. The zero-order valence-corrected chi connectivity index (χ0v) is 13.1. The smallest absolute Gasteiger partial charge is 0.185 e. The molecule has 0 bridgehead atoms. The summed E-state index contributed by atoms with van der Waals surface area (Å²) in [5.41, 5.74) is 0. The maximum atomic E-state index is 12.3. The molecule has 0 spiro atoms. The number of ether oxygens (including phenoxy) is 2. The van der Waals surface area contributed by atoms with Gasteiger partial charge < -0.3 is 9.47 Å². The highest BCUT2D eigenvalue weighted by molar-refractivity contribution is 7.92. The maximum absolute atomic E-state index is 12.3. The van der Waals surface area contributed by atoms with Crippen molar-refractivity contribution in [1.29, 1.82) is 0 Å². The highest BCUT2D eigenvalue weighted by Crippen LogP contribution is 2.32. The number of Topliss-reactive ketones (excluding diaryl/α,β-unsaturated/α-hetero) is 1. The van der Waals surface area contributed by atoms with Gasteiger partial charge in [0.2, 0.25) is 0 Å². The maximum Gasteiger partial charge on any atom is 0.185 e. The van der Waals surface area contributed by atoms with Crippen molar-refractivity contribution >= 4 is 15.6 Å². The van der Waals surface area contributed by atoms with Gasteiger partial charge in [-0.2, -0.15) is 0 Å². The predicted molar refractivity (Wildman–Crippen MR) is 78.6 cm³/mol. The second-order valence-corrected chi connectivity index (χ2v) is 7.18. The lowest BCUT2D eigenvalue weighted by Crippen LogP contribution is -2.21. The van der Waals surface area contributed by atoms with Gasteiger partial charge >= 0.3 is 0 Å². The van der Waals surface area contributed by atoms with E-state index in [1.165, 1.54) is 12.1 Å². The monoisotopic (exact) mass is 312 g/mol. The summed E-state index contributed by atoms with van der Waals surface area (Å²) in [4.78, 5) is 12.0. The third-order valence-corrected chi connectivity index (χ3v) is 5.21. The summed E-state index contributed by atoms with van der Waals surface area (Å²) >= 11 is 0. The molecule has 1 atom stereocenters. The lowest BCUT2D eigenvalue weighted by atomic mass is 10.1. The molecule has 0 N–H and O–H groups in total. The largest absolute Gasteiger partial charge is 0.490 e. The molecule has 0 radical (unpaired) electrons. The van der Waals surface area contributed by atoms with Gasteiger partial charge in [-0.05, 0) is 18.6 Å². The van der Waals surface area contributed by atoms with E-state index in [0.29, 0.717) is 31.1 Å². The predicted octanol–water partition coefficient (Wildman–Crippen LogP) is 2.24. The van der Waals surface area contributed by atoms with Gasteiger partial charge in [-0.25, -0.2) is 8.42 Å². The molecular weight excluding hydrogens is 292 g/mol. The minimum Gasteiger partial charge on any atom is -0.490 e. The topological polar surface area (TPSA) is 69.7 Å². The molecule has 1 aliphatic rings. The molecule has 1 unspecified atom stereocenters. The molecular formula is C15H20O5S. The highest BCUT2D eigenvalue weighted by Gasteiger charge is 2.24. The molecule has 5 nitrogen and oxygen atoms in total. The molecule has 6 heteroatoms. The summed E-state index contributed by atoms with van der Waals surface area (Å²) < 4.78 is 35.6. The van der Waals surface area contributed by atoms with Gasteiger partial charge in [0, 0.05) is 18.4 Å². The van der Waals surface area contributed by atoms with Crippen molar-refractivity contribution in [3.63, 3.8) is 0 Å². The molecule has 1 aromatic carbocycles. The molecule has 2 rings (SSSR count). The number of fused-ring (bicyclic) bond motifs is 1. The molecule has 1 heterocycles. The van der Waals surface area contributed by atoms with Gasteiger partial charge in [0.25, 0.3) is 0 Å². The second kappa shape index (κ2) is 6.47. The van der Waals surface area contributed by atoms with E-state index in [1.54, 1.807) is 13.0 Å². The van der Waals surface area contributed by atoms with E-state index < -0.39 is 15.6 Å². The fraction of sp³-hybridized carbons (Fsp3) is 0.533. The van der Waals surface area contributed by atoms with Gasteiger partial charge in [0.05, 0.1) is 18.1 Å². The molecule has 1 aromatic rings. The van der Waals surface area contributed by atoms with Crippen LogP contribution in [0.1, 0.15) is 26.7 Å². The average molecular weight is 312 g/mol. The Morgan fingerprint density at radius 2 is 1.90 bits per heavy atom. The zero-order valence-electron chi connectivity index (χ0n) is 12.3. The van der Waals surface area contributed by atoms with Crippen molar-refractivity contribution in [2.75, 3.05) is 19.0 Å². The van der Waals surface area contributed by atoms with Crippen LogP contribution in [-0.4, -0.2) is 33.2 Å². The van der Waals surface area contributed by atoms with Crippen molar-refractivity contribution in [2.24, 2.45) is 5.92 Å². The SMILES string of the molecule is CCC(C)C(=O)CS(=O)(=O)c1ccc2c(c1)OCCCO2. The van der Waals surface area contributed by atoms with E-state index in [0.717, 1.165) is 6.42 Å². The van der Waals surface area contributed by atoms with Crippen LogP contribution < -0.4 is 9.47 Å². The van der Waals surface area contributed by atoms with Gasteiger partial charge in [-0.3, -0.25) is 4.79 Å². The van der Waals surface area contributed by atoms with Crippen LogP contribution in [0, 0.1) is 5.92 Å². The third kappa shape index (κ3) is 3.75. The first-order chi connectivity index (χ1) is 9.94. The van der Waals surface area contributed by atoms with E-state index in [2.05, 4.69) is 0 Å². The molecule has 21 heavy (non-hydrogen) atoms. The summed E-state index contributed by atoms with van der Waals surface area (Å²) in [7, 11) is -3.65. The minimum atomic E-state index is -3.65. The first-order valence-corrected chi connectivity index (χ1v) is 8.74. The normalized spacial score (nSPS) is 16.1. The van der Waals surface area contributed by atoms with Crippen LogP contribution >= 0.6 is 0 Å². The van der Waals surface area contributed by atoms with Gasteiger partial charge in [0.1, 0.15) is 5.75 Å². The highest BCUT2D eigenvalue weighted by atomic mass is 32.2. The Bertz CT molecular complexity index is 621. The molecule has 0 aromatic heterocycles. The minimum absolute atomic E-state index is 0.100. The number of benzene rings is 1. The van der Waals surface area contributed by atoms with Crippen LogP contribution in [0.25, 0.3) is 0 Å². The molecule has 0 saturated carbocycles. The van der Waals surface area contributed by atoms with Gasteiger partial charge in [0.15, 0.2) is 27.1 Å². The molecule has 116 valence electrons. The number of rotatable bonds is 5. The second-order valence-electron chi connectivity index (χ2n) is 5.19. The van der Waals surface area contributed by atoms with Crippen molar-refractivity contribution in [1.82, 2.24) is 0 Å². The Morgan fingerprint density at radius 3 is 2.57 bits per heavy atom. The Hall–Kier alpha value is -1.56. The van der Waals surface area contributed by atoms with E-state index in [4.69, 9.17) is 9.47 Å². The lowest BCUT2D eigenvalue weighted by molar-refractivity contribution is -0.119. The summed E-state index contributed by atoms with van der Waals surface area (Å²) in [5.74, 6) is -0.0177. The molecule has 0 aliphatic carbocycles. The summed E-state index contributed by atoms with van der Waals surface area (Å²) in [6.45, 7) is 4.64. The Morgan fingerprint density at radius 1 is 1.24 bits per heavy atom. The number of hydrogen-bond donors (Lipinski definition) is 0. The number of carbonyl (C=O) groups is 1. The van der Waals surface area contributed by atoms with Gasteiger partial charge in [-0.15, -0.1) is 0 Å². The number of sulfone groups is 1. The van der Waals surface area contributed by atoms with Gasteiger partial charge in [-0.1, -0.05) is 13.8 Å². The summed E-state index contributed by atoms with van der Waals surface area (Å²) in [6.07, 6.45) is 1.39. The first-order valence-electron chi connectivity index (χ1n) is 7.09. The first kappa shape index (κ1) is 15.8. The Kier molecular flexibility index (Phi) is 4.88. The third-order valence-electron chi connectivity index (χ3n) is 3.57. The fourth-order valence-electron chi connectivity index (χ4n) is 1.98. The Balaban J connectivity index is 2.24. The van der Waals surface area contributed by atoms with Crippen molar-refractivity contribution in [3.05, 3.63) is 18.2 Å². The van der Waals surface area contributed by atoms with E-state index >= 15 is 0 Å². The summed E-state index contributed by atoms with van der Waals surface area (Å²) in [5, 5.41) is 0. The Labute approximate surface area is 125 Å². The molecule has 0 amide bonds. The molecule has 0 saturated heterocycles. The quantitative estimate of drug-likeness (QED) is 0.834. The van der Waals surface area contributed by atoms with E-state index in [9.17, 15) is 13.2 Å². The fourth-order valence-corrected chi connectivity index (χ4v) is 3.37. The van der Waals surface area contributed by atoms with Crippen molar-refractivity contribution in [2.45, 2.75) is 31.6 Å².